The Morgan fingerprint density at radius 1 is 0.514 bits per heavy atom. The summed E-state index contributed by atoms with van der Waals surface area (Å²) in [5, 5.41) is 86.7. The molecule has 9 N–H and O–H groups in total. The fourth-order valence-corrected chi connectivity index (χ4v) is 7.77. The maximum atomic E-state index is 13.2. The van der Waals surface area contributed by atoms with E-state index in [4.69, 9.17) is 18.9 Å². The van der Waals surface area contributed by atoms with Crippen LogP contribution in [0.4, 0.5) is 0 Å². The molecule has 0 bridgehead atoms. The van der Waals surface area contributed by atoms with E-state index >= 15 is 0 Å². The van der Waals surface area contributed by atoms with Crippen LogP contribution in [0.3, 0.4) is 0 Å². The second-order valence-electron chi connectivity index (χ2n) is 18.2. The Morgan fingerprint density at radius 3 is 1.50 bits per heavy atom. The number of ether oxygens (including phenoxy) is 4. The molecule has 14 heteroatoms. The van der Waals surface area contributed by atoms with Gasteiger partial charge in [-0.25, -0.2) is 0 Å². The molecule has 0 aromatic rings. The van der Waals surface area contributed by atoms with Crippen molar-refractivity contribution in [3.63, 3.8) is 0 Å². The highest BCUT2D eigenvalue weighted by Crippen LogP contribution is 2.30. The number of carbonyl (C=O) groups is 1. The minimum atomic E-state index is -1.80. The van der Waals surface area contributed by atoms with Gasteiger partial charge in [0.05, 0.1) is 32.0 Å². The average molecular weight is 1010 g/mol. The summed E-state index contributed by atoms with van der Waals surface area (Å²) in [4.78, 5) is 13.2. The van der Waals surface area contributed by atoms with Crippen LogP contribution in [0.1, 0.15) is 142 Å². The first-order valence-corrected chi connectivity index (χ1v) is 26.8. The topological polar surface area (TPSA) is 228 Å². The molecule has 12 unspecified atom stereocenters. The quantitative estimate of drug-likeness (QED) is 0.0211. The Bertz CT molecular complexity index is 1670. The Labute approximate surface area is 431 Å². The molecule has 72 heavy (non-hydrogen) atoms. The maximum Gasteiger partial charge on any atom is 0.220 e. The van der Waals surface area contributed by atoms with Gasteiger partial charge in [0.15, 0.2) is 12.6 Å². The number of rotatable bonds is 39. The van der Waals surface area contributed by atoms with E-state index in [1.165, 1.54) is 19.3 Å². The van der Waals surface area contributed by atoms with Crippen LogP contribution < -0.4 is 5.32 Å². The molecule has 2 saturated heterocycles. The summed E-state index contributed by atoms with van der Waals surface area (Å²) in [7, 11) is 0. The van der Waals surface area contributed by atoms with E-state index in [0.29, 0.717) is 12.8 Å². The lowest BCUT2D eigenvalue weighted by atomic mass is 9.97. The zero-order valence-electron chi connectivity index (χ0n) is 43.4. The van der Waals surface area contributed by atoms with E-state index in [1.807, 2.05) is 6.08 Å². The van der Waals surface area contributed by atoms with Crippen molar-refractivity contribution in [1.29, 1.82) is 0 Å². The minimum absolute atomic E-state index is 0.221. The van der Waals surface area contributed by atoms with Crippen molar-refractivity contribution in [2.24, 2.45) is 0 Å². The summed E-state index contributed by atoms with van der Waals surface area (Å²) in [6.07, 6.45) is 43.8. The molecule has 0 aromatic carbocycles. The second kappa shape index (κ2) is 42.7. The van der Waals surface area contributed by atoms with Gasteiger partial charge in [0.1, 0.15) is 48.8 Å². The Balaban J connectivity index is 1.83. The highest BCUT2D eigenvalue weighted by atomic mass is 16.7. The van der Waals surface area contributed by atoms with Crippen molar-refractivity contribution >= 4 is 5.91 Å². The van der Waals surface area contributed by atoms with E-state index < -0.39 is 86.8 Å². The van der Waals surface area contributed by atoms with E-state index in [-0.39, 0.29) is 18.9 Å². The first-order chi connectivity index (χ1) is 35.1. The number of hydrogen-bond acceptors (Lipinski definition) is 13. The van der Waals surface area contributed by atoms with Crippen LogP contribution in [0.25, 0.3) is 0 Å². The molecule has 12 atom stereocenters. The highest BCUT2D eigenvalue weighted by molar-refractivity contribution is 5.76. The first-order valence-electron chi connectivity index (χ1n) is 26.8. The van der Waals surface area contributed by atoms with Crippen molar-refractivity contribution in [1.82, 2.24) is 5.32 Å². The molecule has 0 aliphatic carbocycles. The van der Waals surface area contributed by atoms with Gasteiger partial charge in [0.2, 0.25) is 5.91 Å². The molecule has 1 amide bonds. The monoisotopic (exact) mass is 1010 g/mol. The van der Waals surface area contributed by atoms with Gasteiger partial charge < -0.3 is 65.1 Å². The normalized spacial score (nSPS) is 26.6. The molecule has 2 aliphatic rings. The van der Waals surface area contributed by atoms with Crippen LogP contribution in [0, 0.1) is 0 Å². The van der Waals surface area contributed by atoms with Gasteiger partial charge in [-0.1, -0.05) is 155 Å². The molecular formula is C58H93NO13. The number of carbonyl (C=O) groups excluding carboxylic acids is 1. The number of aliphatic hydroxyl groups excluding tert-OH is 8. The van der Waals surface area contributed by atoms with Gasteiger partial charge >= 0.3 is 0 Å². The lowest BCUT2D eigenvalue weighted by Gasteiger charge is -2.46. The van der Waals surface area contributed by atoms with Gasteiger partial charge in [-0.2, -0.15) is 0 Å². The smallest absolute Gasteiger partial charge is 0.220 e. The minimum Gasteiger partial charge on any atom is -0.394 e. The SMILES string of the molecule is CC/C=C\C/C=C\C/C=C\C/C=C\C/C=C\C/C=C\C/C=C\CCCCCC(=O)NC(COC1OC(CO)C(OC2OC(CO)C(O)C(O)C2O)C(O)C1O)C(O)/C=C/CC/C=C/CC/C=C/CCCCC. The number of hydrogen-bond donors (Lipinski definition) is 9. The Hall–Kier alpha value is -3.61. The number of aliphatic hydroxyl groups is 8. The van der Waals surface area contributed by atoms with Crippen LogP contribution in [0.2, 0.25) is 0 Å². The molecule has 2 fully saturated rings. The average Bonchev–Trinajstić information content (AvgIpc) is 3.38. The van der Waals surface area contributed by atoms with Crippen molar-refractivity contribution < 1.29 is 64.6 Å². The molecule has 0 aromatic heterocycles. The summed E-state index contributed by atoms with van der Waals surface area (Å²) in [5.74, 6) is -0.294. The van der Waals surface area contributed by atoms with Crippen LogP contribution in [-0.4, -0.2) is 140 Å². The van der Waals surface area contributed by atoms with E-state index in [9.17, 15) is 45.6 Å². The molecule has 0 spiro atoms. The van der Waals surface area contributed by atoms with Crippen molar-refractivity contribution in [3.8, 4) is 0 Å². The molecule has 2 heterocycles. The van der Waals surface area contributed by atoms with Gasteiger partial charge in [-0.05, 0) is 103 Å². The van der Waals surface area contributed by atoms with Crippen LogP contribution in [0.15, 0.2) is 122 Å². The summed E-state index contributed by atoms with van der Waals surface area (Å²) in [6, 6.07) is -0.964. The second-order valence-corrected chi connectivity index (χ2v) is 18.2. The molecule has 2 aliphatic heterocycles. The Morgan fingerprint density at radius 2 is 0.972 bits per heavy atom. The van der Waals surface area contributed by atoms with Crippen LogP contribution >= 0.6 is 0 Å². The lowest BCUT2D eigenvalue weighted by molar-refractivity contribution is -0.359. The summed E-state index contributed by atoms with van der Waals surface area (Å²) >= 11 is 0. The summed E-state index contributed by atoms with van der Waals surface area (Å²) in [6.45, 7) is 2.55. The zero-order valence-corrected chi connectivity index (χ0v) is 43.4. The molecular weight excluding hydrogens is 919 g/mol. The number of amides is 1. The molecule has 408 valence electrons. The third kappa shape index (κ3) is 28.7. The van der Waals surface area contributed by atoms with Crippen molar-refractivity contribution in [2.75, 3.05) is 19.8 Å². The third-order valence-corrected chi connectivity index (χ3v) is 12.1. The number of allylic oxidation sites excluding steroid dienone is 19. The number of unbranched alkanes of at least 4 members (excludes halogenated alkanes) is 8. The first kappa shape index (κ1) is 64.5. The molecule has 2 rings (SSSR count). The van der Waals surface area contributed by atoms with Gasteiger partial charge in [0, 0.05) is 6.42 Å². The fourth-order valence-electron chi connectivity index (χ4n) is 7.77. The predicted octanol–water partition coefficient (Wildman–Crippen LogP) is 7.88. The van der Waals surface area contributed by atoms with Gasteiger partial charge in [-0.3, -0.25) is 4.79 Å². The highest BCUT2D eigenvalue weighted by Gasteiger charge is 2.51. The molecule has 0 saturated carbocycles. The van der Waals surface area contributed by atoms with Crippen LogP contribution in [0.5, 0.6) is 0 Å². The predicted molar refractivity (Wildman–Crippen MR) is 285 cm³/mol. The van der Waals surface area contributed by atoms with E-state index in [1.54, 1.807) is 6.08 Å². The standard InChI is InChI=1S/C58H93NO13/c1-3-5-7-9-11-13-15-17-18-19-20-21-22-23-24-25-26-27-28-30-32-34-36-38-40-42-50(63)59-46(47(62)41-39-37-35-33-31-29-16-14-12-10-8-6-4-2)45-69-57-55(68)53(66)56(49(44-61)71-57)72-58-54(67)52(65)51(64)48(43-60)70-58/h5,7,11-14,17-18,20-21,23-24,26-27,30-33,39,41,46-49,51-58,60-62,64-68H,3-4,6,8-10,15-16,19,22,25,28-29,34-38,40,42-45H2,1-2H3,(H,59,63)/b7-5-,13-11-,14-12+,18-17-,21-20-,24-23-,27-26-,32-30-,33-31+,41-39+. The van der Waals surface area contributed by atoms with Gasteiger partial charge in [-0.15, -0.1) is 0 Å². The van der Waals surface area contributed by atoms with Crippen molar-refractivity contribution in [2.45, 2.75) is 216 Å². The summed E-state index contributed by atoms with van der Waals surface area (Å²) < 4.78 is 22.6. The number of nitrogens with one attached hydrogen (secondary N) is 1. The van der Waals surface area contributed by atoms with E-state index in [0.717, 1.165) is 89.9 Å². The zero-order chi connectivity index (χ0) is 52.4. The molecule has 0 radical (unpaired) electrons. The summed E-state index contributed by atoms with van der Waals surface area (Å²) in [5.41, 5.74) is 0. The molecule has 14 nitrogen and oxygen atoms in total. The third-order valence-electron chi connectivity index (χ3n) is 12.1. The largest absolute Gasteiger partial charge is 0.394 e. The van der Waals surface area contributed by atoms with Crippen molar-refractivity contribution in [3.05, 3.63) is 122 Å². The van der Waals surface area contributed by atoms with Gasteiger partial charge in [0.25, 0.3) is 0 Å². The fraction of sp³-hybridized carbons (Fsp3) is 0.638. The maximum absolute atomic E-state index is 13.2. The Kier molecular flexibility index (Phi) is 38.3. The lowest BCUT2D eigenvalue weighted by Crippen LogP contribution is -2.65. The van der Waals surface area contributed by atoms with E-state index in [2.05, 4.69) is 129 Å². The van der Waals surface area contributed by atoms with Crippen LogP contribution in [-0.2, 0) is 23.7 Å².